The summed E-state index contributed by atoms with van der Waals surface area (Å²) in [6.45, 7) is -0.134. The number of aliphatic carboxylic acids is 1. The van der Waals surface area contributed by atoms with Gasteiger partial charge in [0, 0.05) is 24.7 Å². The summed E-state index contributed by atoms with van der Waals surface area (Å²) < 4.78 is 26.1. The molecule has 1 aromatic carbocycles. The van der Waals surface area contributed by atoms with Crippen molar-refractivity contribution in [2.45, 2.75) is 30.2 Å². The van der Waals surface area contributed by atoms with E-state index in [1.165, 1.54) is 18.2 Å². The highest BCUT2D eigenvalue weighted by Gasteiger charge is 2.38. The minimum absolute atomic E-state index is 0.134. The molecule has 2 rings (SSSR count). The zero-order valence-corrected chi connectivity index (χ0v) is 11.8. The fourth-order valence-electron chi connectivity index (χ4n) is 1.96. The number of nitro groups is 1. The standard InChI is InChI=1S/C12H14N2O6S/c15-12(16)6-7-13(9-4-5-9)21(19,20)11-3-1-2-10(8-11)14(17)18/h1-3,8-9H,4-7H2,(H,15,16). The van der Waals surface area contributed by atoms with Crippen molar-refractivity contribution in [1.29, 1.82) is 0 Å². The molecule has 0 aromatic heterocycles. The van der Waals surface area contributed by atoms with Crippen molar-refractivity contribution in [3.05, 3.63) is 34.4 Å². The Kier molecular flexibility index (Phi) is 4.24. The van der Waals surface area contributed by atoms with Crippen LogP contribution in [0.4, 0.5) is 5.69 Å². The zero-order valence-electron chi connectivity index (χ0n) is 11.0. The average molecular weight is 314 g/mol. The molecular formula is C12H14N2O6S. The van der Waals surface area contributed by atoms with E-state index in [2.05, 4.69) is 0 Å². The quantitative estimate of drug-likeness (QED) is 0.597. The van der Waals surface area contributed by atoms with Crippen molar-refractivity contribution >= 4 is 21.7 Å². The SMILES string of the molecule is O=C(O)CCN(C1CC1)S(=O)(=O)c1cccc([N+](=O)[O-])c1. The molecule has 1 N–H and O–H groups in total. The van der Waals surface area contributed by atoms with Crippen LogP contribution in [0.1, 0.15) is 19.3 Å². The summed E-state index contributed by atoms with van der Waals surface area (Å²) in [5.41, 5.74) is -0.315. The molecule has 8 nitrogen and oxygen atoms in total. The van der Waals surface area contributed by atoms with Gasteiger partial charge in [0.15, 0.2) is 0 Å². The lowest BCUT2D eigenvalue weighted by atomic mass is 10.3. The van der Waals surface area contributed by atoms with Crippen molar-refractivity contribution < 1.29 is 23.2 Å². The van der Waals surface area contributed by atoms with Crippen LogP contribution >= 0.6 is 0 Å². The summed E-state index contributed by atoms with van der Waals surface area (Å²) in [6, 6.07) is 4.56. The number of sulfonamides is 1. The summed E-state index contributed by atoms with van der Waals surface area (Å²) >= 11 is 0. The highest BCUT2D eigenvalue weighted by molar-refractivity contribution is 7.89. The maximum Gasteiger partial charge on any atom is 0.304 e. The van der Waals surface area contributed by atoms with Crippen molar-refractivity contribution in [2.24, 2.45) is 0 Å². The van der Waals surface area contributed by atoms with Gasteiger partial charge in [-0.15, -0.1) is 0 Å². The van der Waals surface area contributed by atoms with Gasteiger partial charge >= 0.3 is 5.97 Å². The Morgan fingerprint density at radius 2 is 2.10 bits per heavy atom. The lowest BCUT2D eigenvalue weighted by molar-refractivity contribution is -0.385. The maximum absolute atomic E-state index is 12.5. The van der Waals surface area contributed by atoms with Crippen molar-refractivity contribution in [2.75, 3.05) is 6.54 Å². The number of carboxylic acids is 1. The normalized spacial score (nSPS) is 15.1. The highest BCUT2D eigenvalue weighted by atomic mass is 32.2. The van der Waals surface area contributed by atoms with E-state index >= 15 is 0 Å². The Morgan fingerprint density at radius 1 is 1.43 bits per heavy atom. The molecule has 21 heavy (non-hydrogen) atoms. The van der Waals surface area contributed by atoms with E-state index in [9.17, 15) is 23.3 Å². The van der Waals surface area contributed by atoms with Crippen LogP contribution in [0.5, 0.6) is 0 Å². The van der Waals surface area contributed by atoms with Gasteiger partial charge in [-0.2, -0.15) is 4.31 Å². The molecule has 0 bridgehead atoms. The molecule has 0 atom stereocenters. The number of nitro benzene ring substituents is 1. The summed E-state index contributed by atoms with van der Waals surface area (Å²) in [6.07, 6.45) is 1.05. The third kappa shape index (κ3) is 3.56. The summed E-state index contributed by atoms with van der Waals surface area (Å²) in [4.78, 5) is 20.5. The number of hydrogen-bond acceptors (Lipinski definition) is 5. The summed E-state index contributed by atoms with van der Waals surface area (Å²) in [5, 5.41) is 19.4. The van der Waals surface area contributed by atoms with Crippen LogP contribution in [-0.2, 0) is 14.8 Å². The first kappa shape index (κ1) is 15.4. The predicted octanol–water partition coefficient (Wildman–Crippen LogP) is 1.22. The van der Waals surface area contributed by atoms with Crippen LogP contribution in [0.3, 0.4) is 0 Å². The topological polar surface area (TPSA) is 118 Å². The molecule has 0 amide bonds. The largest absolute Gasteiger partial charge is 0.481 e. The molecule has 0 saturated heterocycles. The second kappa shape index (κ2) is 5.78. The van der Waals surface area contributed by atoms with Crippen LogP contribution < -0.4 is 0 Å². The van der Waals surface area contributed by atoms with E-state index < -0.39 is 20.9 Å². The maximum atomic E-state index is 12.5. The summed E-state index contributed by atoms with van der Waals surface area (Å²) in [5.74, 6) is -1.09. The third-order valence-corrected chi connectivity index (χ3v) is 5.08. The minimum atomic E-state index is -3.92. The van der Waals surface area contributed by atoms with Crippen LogP contribution in [0, 0.1) is 10.1 Å². The average Bonchev–Trinajstić information content (AvgIpc) is 3.23. The van der Waals surface area contributed by atoms with Crippen molar-refractivity contribution in [3.8, 4) is 0 Å². The molecule has 0 unspecified atom stereocenters. The number of non-ortho nitro benzene ring substituents is 1. The van der Waals surface area contributed by atoms with Gasteiger partial charge in [0.1, 0.15) is 0 Å². The fraction of sp³-hybridized carbons (Fsp3) is 0.417. The van der Waals surface area contributed by atoms with Gasteiger partial charge in [0.25, 0.3) is 5.69 Å². The molecule has 1 aliphatic rings. The Bertz CT molecular complexity index is 668. The lowest BCUT2D eigenvalue weighted by Crippen LogP contribution is -2.35. The van der Waals surface area contributed by atoms with Gasteiger partial charge in [-0.25, -0.2) is 8.42 Å². The van der Waals surface area contributed by atoms with Gasteiger partial charge in [0.2, 0.25) is 10.0 Å². The molecule has 1 aliphatic carbocycles. The number of nitrogens with zero attached hydrogens (tertiary/aromatic N) is 2. The molecule has 9 heteroatoms. The molecule has 0 heterocycles. The molecule has 1 fully saturated rings. The van der Waals surface area contributed by atoms with Crippen LogP contribution in [0.2, 0.25) is 0 Å². The van der Waals surface area contributed by atoms with Crippen LogP contribution in [-0.4, -0.2) is 41.3 Å². The molecule has 1 saturated carbocycles. The van der Waals surface area contributed by atoms with Crippen LogP contribution in [0.15, 0.2) is 29.2 Å². The van der Waals surface area contributed by atoms with E-state index in [1.807, 2.05) is 0 Å². The van der Waals surface area contributed by atoms with Gasteiger partial charge in [-0.1, -0.05) is 6.07 Å². The molecular weight excluding hydrogens is 300 g/mol. The van der Waals surface area contributed by atoms with E-state index in [0.717, 1.165) is 10.4 Å². The number of hydrogen-bond donors (Lipinski definition) is 1. The number of rotatable bonds is 7. The second-order valence-electron chi connectivity index (χ2n) is 4.75. The van der Waals surface area contributed by atoms with Crippen molar-refractivity contribution in [3.63, 3.8) is 0 Å². The van der Waals surface area contributed by atoms with E-state index in [4.69, 9.17) is 5.11 Å². The fourth-order valence-corrected chi connectivity index (χ4v) is 3.69. The zero-order chi connectivity index (χ0) is 15.6. The predicted molar refractivity (Wildman–Crippen MR) is 72.3 cm³/mol. The second-order valence-corrected chi connectivity index (χ2v) is 6.64. The first-order chi connectivity index (χ1) is 9.82. The van der Waals surface area contributed by atoms with Crippen molar-refractivity contribution in [1.82, 2.24) is 4.31 Å². The lowest BCUT2D eigenvalue weighted by Gasteiger charge is -2.21. The molecule has 0 radical (unpaired) electrons. The van der Waals surface area contributed by atoms with Gasteiger partial charge in [-0.05, 0) is 18.9 Å². The smallest absolute Gasteiger partial charge is 0.304 e. The molecule has 0 spiro atoms. The Hall–Kier alpha value is -2.00. The molecule has 0 aliphatic heterocycles. The molecule has 1 aromatic rings. The monoisotopic (exact) mass is 314 g/mol. The van der Waals surface area contributed by atoms with E-state index in [1.54, 1.807) is 0 Å². The Labute approximate surface area is 121 Å². The Balaban J connectivity index is 2.31. The van der Waals surface area contributed by atoms with Gasteiger partial charge < -0.3 is 5.11 Å². The number of carboxylic acid groups (broad SMARTS) is 1. The first-order valence-electron chi connectivity index (χ1n) is 6.30. The first-order valence-corrected chi connectivity index (χ1v) is 7.74. The van der Waals surface area contributed by atoms with E-state index in [-0.39, 0.29) is 29.6 Å². The Morgan fingerprint density at radius 3 is 2.62 bits per heavy atom. The summed E-state index contributed by atoms with van der Waals surface area (Å²) in [7, 11) is -3.92. The third-order valence-electron chi connectivity index (χ3n) is 3.14. The van der Waals surface area contributed by atoms with Gasteiger partial charge in [-0.3, -0.25) is 14.9 Å². The molecule has 114 valence electrons. The number of carbonyl (C=O) groups is 1. The number of benzene rings is 1. The van der Waals surface area contributed by atoms with Gasteiger partial charge in [0.05, 0.1) is 16.2 Å². The van der Waals surface area contributed by atoms with Crippen LogP contribution in [0.25, 0.3) is 0 Å². The van der Waals surface area contributed by atoms with E-state index in [0.29, 0.717) is 12.8 Å². The minimum Gasteiger partial charge on any atom is -0.481 e. The highest BCUT2D eigenvalue weighted by Crippen LogP contribution is 2.32.